The van der Waals surface area contributed by atoms with Crippen LogP contribution in [0.15, 0.2) is 47.3 Å². The van der Waals surface area contributed by atoms with Crippen molar-refractivity contribution >= 4 is 22.5 Å². The van der Waals surface area contributed by atoms with E-state index >= 15 is 0 Å². The highest BCUT2D eigenvalue weighted by Gasteiger charge is 2.30. The molecule has 0 amide bonds. The van der Waals surface area contributed by atoms with Gasteiger partial charge in [0.25, 0.3) is 5.56 Å². The second-order valence-corrected chi connectivity index (χ2v) is 7.86. The van der Waals surface area contributed by atoms with Gasteiger partial charge in [0.2, 0.25) is 0 Å². The molecule has 1 N–H and O–H groups in total. The standard InChI is InChI=1S/C21H20ClF3N4O/c22-16-5-6-18-17(11-16)20(30)27-19(26-18)13-29-9-7-28(8-10-29)12-14-1-3-15(4-2-14)21(23,24)25/h1-6,11H,7-10,12-13H2,(H,26,27,30). The van der Waals surface area contributed by atoms with Crippen LogP contribution in [0.3, 0.4) is 0 Å². The van der Waals surface area contributed by atoms with Gasteiger partial charge in [-0.05, 0) is 35.9 Å². The Kier molecular flexibility index (Phi) is 5.81. The normalized spacial score (nSPS) is 16.3. The number of halogens is 4. The molecular weight excluding hydrogens is 417 g/mol. The maximum atomic E-state index is 12.7. The van der Waals surface area contributed by atoms with Gasteiger partial charge in [-0.3, -0.25) is 14.6 Å². The number of aromatic amines is 1. The molecular formula is C21H20ClF3N4O. The minimum atomic E-state index is -4.31. The van der Waals surface area contributed by atoms with E-state index in [1.165, 1.54) is 12.1 Å². The number of aromatic nitrogens is 2. The highest BCUT2D eigenvalue weighted by Crippen LogP contribution is 2.29. The van der Waals surface area contributed by atoms with Crippen LogP contribution in [-0.2, 0) is 19.3 Å². The minimum absolute atomic E-state index is 0.210. The Morgan fingerprint density at radius 2 is 1.60 bits per heavy atom. The van der Waals surface area contributed by atoms with Crippen LogP contribution in [0.5, 0.6) is 0 Å². The van der Waals surface area contributed by atoms with Crippen LogP contribution in [0, 0.1) is 0 Å². The van der Waals surface area contributed by atoms with E-state index in [0.717, 1.165) is 43.9 Å². The molecule has 1 fully saturated rings. The predicted molar refractivity (Wildman–Crippen MR) is 109 cm³/mol. The third-order valence-electron chi connectivity index (χ3n) is 5.24. The molecule has 0 atom stereocenters. The Hall–Kier alpha value is -2.42. The fourth-order valence-corrected chi connectivity index (χ4v) is 3.78. The number of nitrogens with one attached hydrogen (secondary N) is 1. The number of benzene rings is 2. The lowest BCUT2D eigenvalue weighted by Crippen LogP contribution is -2.45. The van der Waals surface area contributed by atoms with Gasteiger partial charge in [-0.25, -0.2) is 4.98 Å². The lowest BCUT2D eigenvalue weighted by Gasteiger charge is -2.34. The molecule has 0 unspecified atom stereocenters. The first-order valence-corrected chi connectivity index (χ1v) is 9.95. The van der Waals surface area contributed by atoms with Crippen LogP contribution in [0.1, 0.15) is 17.0 Å². The quantitative estimate of drug-likeness (QED) is 0.673. The van der Waals surface area contributed by atoms with Gasteiger partial charge in [0.15, 0.2) is 0 Å². The predicted octanol–water partition coefficient (Wildman–Crippen LogP) is 3.91. The lowest BCUT2D eigenvalue weighted by molar-refractivity contribution is -0.137. The van der Waals surface area contributed by atoms with Gasteiger partial charge >= 0.3 is 6.18 Å². The third kappa shape index (κ3) is 4.83. The zero-order chi connectivity index (χ0) is 21.3. The molecule has 5 nitrogen and oxygen atoms in total. The average molecular weight is 437 g/mol. The molecule has 0 saturated carbocycles. The van der Waals surface area contributed by atoms with Crippen molar-refractivity contribution in [3.8, 4) is 0 Å². The van der Waals surface area contributed by atoms with Crippen LogP contribution in [0.4, 0.5) is 13.2 Å². The van der Waals surface area contributed by atoms with E-state index < -0.39 is 11.7 Å². The molecule has 2 heterocycles. The van der Waals surface area contributed by atoms with E-state index in [-0.39, 0.29) is 5.56 Å². The zero-order valence-corrected chi connectivity index (χ0v) is 16.8. The van der Waals surface area contributed by atoms with Crippen molar-refractivity contribution in [2.75, 3.05) is 26.2 Å². The van der Waals surface area contributed by atoms with Gasteiger partial charge in [0.05, 0.1) is 23.0 Å². The summed E-state index contributed by atoms with van der Waals surface area (Å²) in [5.41, 5.74) is 0.628. The molecule has 0 radical (unpaired) electrons. The first-order chi connectivity index (χ1) is 14.3. The van der Waals surface area contributed by atoms with Crippen molar-refractivity contribution in [3.05, 3.63) is 74.8 Å². The number of hydrogen-bond donors (Lipinski definition) is 1. The van der Waals surface area contributed by atoms with E-state index in [9.17, 15) is 18.0 Å². The second kappa shape index (κ2) is 8.37. The summed E-state index contributed by atoms with van der Waals surface area (Å²) < 4.78 is 38.0. The summed E-state index contributed by atoms with van der Waals surface area (Å²) in [6.45, 7) is 4.27. The Bertz CT molecular complexity index is 1090. The largest absolute Gasteiger partial charge is 0.416 e. The van der Waals surface area contributed by atoms with Crippen LogP contribution in [0.25, 0.3) is 10.9 Å². The van der Waals surface area contributed by atoms with Gasteiger partial charge in [-0.1, -0.05) is 23.7 Å². The highest BCUT2D eigenvalue weighted by molar-refractivity contribution is 6.31. The van der Waals surface area contributed by atoms with Gasteiger partial charge < -0.3 is 4.98 Å². The molecule has 0 aliphatic carbocycles. The van der Waals surface area contributed by atoms with E-state index in [2.05, 4.69) is 19.8 Å². The molecule has 0 bridgehead atoms. The maximum Gasteiger partial charge on any atom is 0.416 e. The number of piperazine rings is 1. The molecule has 1 saturated heterocycles. The average Bonchev–Trinajstić information content (AvgIpc) is 2.70. The molecule has 9 heteroatoms. The molecule has 158 valence electrons. The summed E-state index contributed by atoms with van der Waals surface area (Å²) in [4.78, 5) is 24.0. The van der Waals surface area contributed by atoms with Crippen LogP contribution in [-0.4, -0.2) is 45.9 Å². The first kappa shape index (κ1) is 20.8. The Morgan fingerprint density at radius 3 is 2.23 bits per heavy atom. The fourth-order valence-electron chi connectivity index (χ4n) is 3.61. The minimum Gasteiger partial charge on any atom is -0.309 e. The second-order valence-electron chi connectivity index (χ2n) is 7.42. The van der Waals surface area contributed by atoms with Crippen molar-refractivity contribution in [1.29, 1.82) is 0 Å². The van der Waals surface area contributed by atoms with Gasteiger partial charge in [-0.2, -0.15) is 13.2 Å². The summed E-state index contributed by atoms with van der Waals surface area (Å²) in [5, 5.41) is 0.958. The Balaban J connectivity index is 1.34. The molecule has 30 heavy (non-hydrogen) atoms. The van der Waals surface area contributed by atoms with Crippen LogP contribution >= 0.6 is 11.6 Å². The Labute approximate surface area is 176 Å². The highest BCUT2D eigenvalue weighted by atomic mass is 35.5. The first-order valence-electron chi connectivity index (χ1n) is 9.57. The van der Waals surface area contributed by atoms with Crippen molar-refractivity contribution in [1.82, 2.24) is 19.8 Å². The van der Waals surface area contributed by atoms with Crippen molar-refractivity contribution in [2.24, 2.45) is 0 Å². The molecule has 4 rings (SSSR count). The molecule has 2 aromatic carbocycles. The number of H-pyrrole nitrogens is 1. The summed E-state index contributed by atoms with van der Waals surface area (Å²) in [7, 11) is 0. The Morgan fingerprint density at radius 1 is 0.967 bits per heavy atom. The molecule has 1 aliphatic heterocycles. The van der Waals surface area contributed by atoms with E-state index in [0.29, 0.717) is 34.8 Å². The van der Waals surface area contributed by atoms with Crippen LogP contribution < -0.4 is 5.56 Å². The summed E-state index contributed by atoms with van der Waals surface area (Å²) in [6, 6.07) is 10.4. The topological polar surface area (TPSA) is 52.2 Å². The van der Waals surface area contributed by atoms with E-state index in [1.807, 2.05) is 0 Å². The van der Waals surface area contributed by atoms with Crippen LogP contribution in [0.2, 0.25) is 5.02 Å². The summed E-state index contributed by atoms with van der Waals surface area (Å²) in [6.07, 6.45) is -4.31. The summed E-state index contributed by atoms with van der Waals surface area (Å²) >= 11 is 5.94. The number of hydrogen-bond acceptors (Lipinski definition) is 4. The van der Waals surface area contributed by atoms with Gasteiger partial charge in [0, 0.05) is 37.7 Å². The smallest absolute Gasteiger partial charge is 0.309 e. The third-order valence-corrected chi connectivity index (χ3v) is 5.48. The molecule has 1 aromatic heterocycles. The monoisotopic (exact) mass is 436 g/mol. The number of rotatable bonds is 4. The fraction of sp³-hybridized carbons (Fsp3) is 0.333. The van der Waals surface area contributed by atoms with E-state index in [1.54, 1.807) is 18.2 Å². The number of fused-ring (bicyclic) bond motifs is 1. The number of alkyl halides is 3. The van der Waals surface area contributed by atoms with Crippen molar-refractivity contribution in [3.63, 3.8) is 0 Å². The van der Waals surface area contributed by atoms with E-state index in [4.69, 9.17) is 11.6 Å². The number of nitrogens with zero attached hydrogens (tertiary/aromatic N) is 3. The van der Waals surface area contributed by atoms with Crippen molar-refractivity contribution in [2.45, 2.75) is 19.3 Å². The van der Waals surface area contributed by atoms with Gasteiger partial charge in [-0.15, -0.1) is 0 Å². The van der Waals surface area contributed by atoms with Gasteiger partial charge in [0.1, 0.15) is 5.82 Å². The summed E-state index contributed by atoms with van der Waals surface area (Å²) in [5.74, 6) is 0.603. The molecule has 0 spiro atoms. The molecule has 1 aliphatic rings. The lowest BCUT2D eigenvalue weighted by atomic mass is 10.1. The zero-order valence-electron chi connectivity index (χ0n) is 16.0. The SMILES string of the molecule is O=c1[nH]c(CN2CCN(Cc3ccc(C(F)(F)F)cc3)CC2)nc2ccc(Cl)cc12. The molecule has 3 aromatic rings. The maximum absolute atomic E-state index is 12.7. The van der Waals surface area contributed by atoms with Crippen molar-refractivity contribution < 1.29 is 13.2 Å².